The van der Waals surface area contributed by atoms with E-state index in [0.717, 1.165) is 4.88 Å². The summed E-state index contributed by atoms with van der Waals surface area (Å²) >= 11 is 1.54. The van der Waals surface area contributed by atoms with Crippen LogP contribution in [0, 0.1) is 11.3 Å². The van der Waals surface area contributed by atoms with E-state index in [4.69, 9.17) is 4.74 Å². The molecule has 140 valence electrons. The molecule has 0 aromatic carbocycles. The summed E-state index contributed by atoms with van der Waals surface area (Å²) in [7, 11) is 0. The lowest BCUT2D eigenvalue weighted by Gasteiger charge is -2.37. The zero-order valence-corrected chi connectivity index (χ0v) is 14.9. The molecule has 1 saturated carbocycles. The second-order valence-corrected chi connectivity index (χ2v) is 8.35. The molecule has 2 aliphatic heterocycles. The van der Waals surface area contributed by atoms with Gasteiger partial charge in [0.25, 0.3) is 5.92 Å². The molecule has 3 fully saturated rings. The SMILES string of the molecule is O=C(/C=C/c1cccs1)N1C[C@@H]2COC[C@]2(C(=O)NC2CC(F)(F)C2)C1. The quantitative estimate of drug-likeness (QED) is 0.812. The smallest absolute Gasteiger partial charge is 0.252 e. The highest BCUT2D eigenvalue weighted by molar-refractivity contribution is 7.10. The van der Waals surface area contributed by atoms with Crippen LogP contribution in [0.4, 0.5) is 8.78 Å². The maximum Gasteiger partial charge on any atom is 0.252 e. The molecule has 0 spiro atoms. The van der Waals surface area contributed by atoms with E-state index in [2.05, 4.69) is 5.32 Å². The Kier molecular flexibility index (Phi) is 4.35. The van der Waals surface area contributed by atoms with E-state index in [0.29, 0.717) is 13.2 Å². The van der Waals surface area contributed by atoms with Crippen molar-refractivity contribution >= 4 is 29.2 Å². The van der Waals surface area contributed by atoms with E-state index in [1.165, 1.54) is 6.08 Å². The highest BCUT2D eigenvalue weighted by Crippen LogP contribution is 2.43. The van der Waals surface area contributed by atoms with Crippen LogP contribution in [0.1, 0.15) is 17.7 Å². The maximum atomic E-state index is 13.0. The van der Waals surface area contributed by atoms with Crippen molar-refractivity contribution in [1.29, 1.82) is 0 Å². The van der Waals surface area contributed by atoms with Crippen molar-refractivity contribution in [3.8, 4) is 0 Å². The van der Waals surface area contributed by atoms with Gasteiger partial charge < -0.3 is 15.0 Å². The second kappa shape index (κ2) is 6.42. The van der Waals surface area contributed by atoms with Gasteiger partial charge in [-0.3, -0.25) is 9.59 Å². The van der Waals surface area contributed by atoms with Crippen LogP contribution in [0.5, 0.6) is 0 Å². The molecule has 1 N–H and O–H groups in total. The summed E-state index contributed by atoms with van der Waals surface area (Å²) in [6.45, 7) is 1.35. The fraction of sp³-hybridized carbons (Fsp3) is 0.556. The molecule has 26 heavy (non-hydrogen) atoms. The van der Waals surface area contributed by atoms with E-state index in [-0.39, 0.29) is 43.7 Å². The number of ether oxygens (including phenoxy) is 1. The van der Waals surface area contributed by atoms with Gasteiger partial charge in [0, 0.05) is 48.8 Å². The van der Waals surface area contributed by atoms with Crippen molar-refractivity contribution in [2.45, 2.75) is 24.8 Å². The summed E-state index contributed by atoms with van der Waals surface area (Å²) < 4.78 is 31.5. The van der Waals surface area contributed by atoms with Gasteiger partial charge in [-0.2, -0.15) is 0 Å². The molecule has 1 aliphatic carbocycles. The lowest BCUT2D eigenvalue weighted by atomic mass is 9.79. The highest BCUT2D eigenvalue weighted by atomic mass is 32.1. The van der Waals surface area contributed by atoms with Gasteiger partial charge in [0.1, 0.15) is 0 Å². The first kappa shape index (κ1) is 17.6. The molecular formula is C18H20F2N2O3S. The van der Waals surface area contributed by atoms with Gasteiger partial charge in [0.15, 0.2) is 0 Å². The summed E-state index contributed by atoms with van der Waals surface area (Å²) in [5, 5.41) is 4.67. The number of carbonyl (C=O) groups is 2. The minimum absolute atomic E-state index is 0.0952. The van der Waals surface area contributed by atoms with Gasteiger partial charge in [-0.25, -0.2) is 8.78 Å². The van der Waals surface area contributed by atoms with Crippen LogP contribution in [-0.2, 0) is 14.3 Å². The van der Waals surface area contributed by atoms with E-state index >= 15 is 0 Å². The number of hydrogen-bond acceptors (Lipinski definition) is 4. The lowest BCUT2D eigenvalue weighted by molar-refractivity contribution is -0.139. The van der Waals surface area contributed by atoms with Gasteiger partial charge in [-0.05, 0) is 17.5 Å². The highest BCUT2D eigenvalue weighted by Gasteiger charge is 2.58. The zero-order chi connectivity index (χ0) is 18.4. The molecule has 3 heterocycles. The Labute approximate surface area is 154 Å². The number of fused-ring (bicyclic) bond motifs is 1. The van der Waals surface area contributed by atoms with Crippen LogP contribution in [-0.4, -0.2) is 55.0 Å². The number of carbonyl (C=O) groups excluding carboxylic acids is 2. The Bertz CT molecular complexity index is 729. The standard InChI is InChI=1S/C18H20F2N2O3S/c19-18(20)6-13(7-18)21-16(24)17-10-22(8-12(17)9-25-11-17)15(23)4-3-14-2-1-5-26-14/h1-5,12-13H,6-11H2,(H,21,24)/b4-3+/t12-,17-/m1/s1. The lowest BCUT2D eigenvalue weighted by Crippen LogP contribution is -2.56. The van der Waals surface area contributed by atoms with Crippen molar-refractivity contribution in [3.63, 3.8) is 0 Å². The average Bonchev–Trinajstić information content (AvgIpc) is 3.26. The first-order valence-electron chi connectivity index (χ1n) is 8.65. The van der Waals surface area contributed by atoms with Crippen LogP contribution in [0.2, 0.25) is 0 Å². The van der Waals surface area contributed by atoms with E-state index in [1.54, 1.807) is 22.3 Å². The molecule has 3 aliphatic rings. The number of alkyl halides is 2. The average molecular weight is 382 g/mol. The van der Waals surface area contributed by atoms with Gasteiger partial charge >= 0.3 is 0 Å². The van der Waals surface area contributed by atoms with Crippen LogP contribution in [0.3, 0.4) is 0 Å². The summed E-state index contributed by atoms with van der Waals surface area (Å²) in [4.78, 5) is 27.9. The molecule has 1 aromatic rings. The molecule has 8 heteroatoms. The van der Waals surface area contributed by atoms with E-state index < -0.39 is 17.4 Å². The van der Waals surface area contributed by atoms with Crippen LogP contribution in [0.25, 0.3) is 6.08 Å². The molecule has 2 amide bonds. The predicted molar refractivity (Wildman–Crippen MR) is 92.8 cm³/mol. The third kappa shape index (κ3) is 3.16. The summed E-state index contributed by atoms with van der Waals surface area (Å²) in [5.74, 6) is -3.18. The first-order valence-corrected chi connectivity index (χ1v) is 9.53. The number of likely N-dealkylation sites (tertiary alicyclic amines) is 1. The molecule has 0 radical (unpaired) electrons. The second-order valence-electron chi connectivity index (χ2n) is 7.37. The first-order chi connectivity index (χ1) is 12.4. The molecule has 5 nitrogen and oxygen atoms in total. The van der Waals surface area contributed by atoms with E-state index in [9.17, 15) is 18.4 Å². The number of nitrogens with one attached hydrogen (secondary N) is 1. The van der Waals surface area contributed by atoms with Crippen molar-refractivity contribution in [2.75, 3.05) is 26.3 Å². The summed E-state index contributed by atoms with van der Waals surface area (Å²) in [5.41, 5.74) is -0.822. The van der Waals surface area contributed by atoms with Crippen molar-refractivity contribution in [2.24, 2.45) is 11.3 Å². The number of thiophene rings is 1. The Morgan fingerprint density at radius 3 is 2.88 bits per heavy atom. The Balaban J connectivity index is 1.41. The molecule has 4 rings (SSSR count). The molecule has 0 unspecified atom stereocenters. The third-order valence-corrected chi connectivity index (χ3v) is 6.33. The number of hydrogen-bond donors (Lipinski definition) is 1. The van der Waals surface area contributed by atoms with Crippen LogP contribution < -0.4 is 5.32 Å². The Morgan fingerprint density at radius 1 is 1.38 bits per heavy atom. The van der Waals surface area contributed by atoms with Crippen molar-refractivity contribution < 1.29 is 23.1 Å². The molecule has 2 saturated heterocycles. The topological polar surface area (TPSA) is 58.6 Å². The maximum absolute atomic E-state index is 13.0. The van der Waals surface area contributed by atoms with Crippen LogP contribution in [0.15, 0.2) is 23.6 Å². The van der Waals surface area contributed by atoms with Gasteiger partial charge in [0.05, 0.1) is 18.6 Å². The Morgan fingerprint density at radius 2 is 2.19 bits per heavy atom. The monoisotopic (exact) mass is 382 g/mol. The normalized spacial score (nSPS) is 30.4. The van der Waals surface area contributed by atoms with Crippen molar-refractivity contribution in [1.82, 2.24) is 10.2 Å². The fourth-order valence-corrected chi connectivity index (χ4v) is 4.58. The summed E-state index contributed by atoms with van der Waals surface area (Å²) in [6.07, 6.45) is 2.66. The molecular weight excluding hydrogens is 362 g/mol. The number of nitrogens with zero attached hydrogens (tertiary/aromatic N) is 1. The molecule has 2 atom stereocenters. The molecule has 0 bridgehead atoms. The van der Waals surface area contributed by atoms with Crippen LogP contribution >= 0.6 is 11.3 Å². The minimum atomic E-state index is -2.68. The fourth-order valence-electron chi connectivity index (χ4n) is 3.96. The van der Waals surface area contributed by atoms with Gasteiger partial charge in [0.2, 0.25) is 11.8 Å². The number of halogens is 2. The number of rotatable bonds is 4. The largest absolute Gasteiger partial charge is 0.380 e. The molecule has 1 aromatic heterocycles. The minimum Gasteiger partial charge on any atom is -0.380 e. The summed E-state index contributed by atoms with van der Waals surface area (Å²) in [6, 6.07) is 3.34. The van der Waals surface area contributed by atoms with Gasteiger partial charge in [-0.1, -0.05) is 6.07 Å². The van der Waals surface area contributed by atoms with Crippen molar-refractivity contribution in [3.05, 3.63) is 28.5 Å². The Hall–Kier alpha value is -1.80. The zero-order valence-electron chi connectivity index (χ0n) is 14.1. The third-order valence-electron chi connectivity index (χ3n) is 5.50. The number of amides is 2. The van der Waals surface area contributed by atoms with E-state index in [1.807, 2.05) is 17.5 Å². The van der Waals surface area contributed by atoms with Gasteiger partial charge in [-0.15, -0.1) is 11.3 Å². The predicted octanol–water partition coefficient (Wildman–Crippen LogP) is 2.15.